The molecule has 0 spiro atoms. The summed E-state index contributed by atoms with van der Waals surface area (Å²) in [7, 11) is 2.19. The fourth-order valence-corrected chi connectivity index (χ4v) is 2.59. The molecule has 1 atom stereocenters. The van der Waals surface area contributed by atoms with Gasteiger partial charge in [0.15, 0.2) is 0 Å². The first-order valence-corrected chi connectivity index (χ1v) is 6.61. The van der Waals surface area contributed by atoms with Gasteiger partial charge in [-0.15, -0.1) is 0 Å². The number of hydrogen-bond donors (Lipinski definition) is 0. The van der Waals surface area contributed by atoms with Crippen molar-refractivity contribution >= 4 is 5.82 Å². The van der Waals surface area contributed by atoms with E-state index in [1.165, 1.54) is 5.56 Å². The van der Waals surface area contributed by atoms with Gasteiger partial charge in [-0.2, -0.15) is 0 Å². The van der Waals surface area contributed by atoms with E-state index < -0.39 is 0 Å². The average molecular weight is 254 g/mol. The van der Waals surface area contributed by atoms with Gasteiger partial charge in [0.25, 0.3) is 0 Å². The lowest BCUT2D eigenvalue weighted by atomic mass is 10.0. The highest BCUT2D eigenvalue weighted by molar-refractivity contribution is 5.38. The van der Waals surface area contributed by atoms with Crippen molar-refractivity contribution in [3.63, 3.8) is 0 Å². The standard InChI is InChI=1S/C15H18N4/c1-18-9-10-19(15-7-8-16-12-17-15)11-14(18)13-5-3-2-4-6-13/h2-8,12,14H,9-11H2,1H3. The van der Waals surface area contributed by atoms with Crippen LogP contribution in [0.2, 0.25) is 0 Å². The van der Waals surface area contributed by atoms with E-state index in [0.717, 1.165) is 25.5 Å². The van der Waals surface area contributed by atoms with Gasteiger partial charge < -0.3 is 4.90 Å². The Balaban J connectivity index is 1.82. The summed E-state index contributed by atoms with van der Waals surface area (Å²) >= 11 is 0. The van der Waals surface area contributed by atoms with Crippen LogP contribution in [0.5, 0.6) is 0 Å². The van der Waals surface area contributed by atoms with E-state index in [9.17, 15) is 0 Å². The first kappa shape index (κ1) is 12.1. The lowest BCUT2D eigenvalue weighted by Crippen LogP contribution is -2.47. The van der Waals surface area contributed by atoms with Crippen molar-refractivity contribution in [3.8, 4) is 0 Å². The summed E-state index contributed by atoms with van der Waals surface area (Å²) in [5, 5.41) is 0. The van der Waals surface area contributed by atoms with Crippen molar-refractivity contribution in [2.75, 3.05) is 31.6 Å². The summed E-state index contributed by atoms with van der Waals surface area (Å²) in [5.41, 5.74) is 1.36. The molecule has 1 aromatic heterocycles. The molecule has 1 saturated heterocycles. The van der Waals surface area contributed by atoms with E-state index in [4.69, 9.17) is 0 Å². The minimum Gasteiger partial charge on any atom is -0.353 e. The van der Waals surface area contributed by atoms with Crippen LogP contribution in [0.3, 0.4) is 0 Å². The predicted octanol–water partition coefficient (Wildman–Crippen LogP) is 1.97. The van der Waals surface area contributed by atoms with E-state index in [1.54, 1.807) is 12.5 Å². The van der Waals surface area contributed by atoms with Crippen LogP contribution in [-0.4, -0.2) is 41.5 Å². The van der Waals surface area contributed by atoms with Crippen LogP contribution in [0.25, 0.3) is 0 Å². The Morgan fingerprint density at radius 1 is 1.11 bits per heavy atom. The van der Waals surface area contributed by atoms with Gasteiger partial charge in [0.1, 0.15) is 12.1 Å². The van der Waals surface area contributed by atoms with E-state index >= 15 is 0 Å². The van der Waals surface area contributed by atoms with Gasteiger partial charge in [-0.25, -0.2) is 9.97 Å². The van der Waals surface area contributed by atoms with Crippen LogP contribution >= 0.6 is 0 Å². The molecule has 3 rings (SSSR count). The summed E-state index contributed by atoms with van der Waals surface area (Å²) in [6.07, 6.45) is 3.42. The lowest BCUT2D eigenvalue weighted by Gasteiger charge is -2.40. The van der Waals surface area contributed by atoms with Crippen molar-refractivity contribution in [2.45, 2.75) is 6.04 Å². The van der Waals surface area contributed by atoms with Crippen LogP contribution in [0.1, 0.15) is 11.6 Å². The third-order valence-corrected chi connectivity index (χ3v) is 3.72. The lowest BCUT2D eigenvalue weighted by molar-refractivity contribution is 0.220. The molecule has 2 heterocycles. The number of nitrogens with zero attached hydrogens (tertiary/aromatic N) is 4. The second kappa shape index (κ2) is 5.36. The van der Waals surface area contributed by atoms with E-state index in [0.29, 0.717) is 6.04 Å². The molecule has 1 aromatic carbocycles. The zero-order chi connectivity index (χ0) is 13.1. The van der Waals surface area contributed by atoms with Crippen molar-refractivity contribution in [1.29, 1.82) is 0 Å². The highest BCUT2D eigenvalue weighted by Crippen LogP contribution is 2.25. The van der Waals surface area contributed by atoms with Gasteiger partial charge in [0.05, 0.1) is 6.04 Å². The molecule has 4 nitrogen and oxygen atoms in total. The molecule has 19 heavy (non-hydrogen) atoms. The van der Waals surface area contributed by atoms with Crippen LogP contribution in [-0.2, 0) is 0 Å². The zero-order valence-corrected chi connectivity index (χ0v) is 11.1. The maximum absolute atomic E-state index is 4.35. The molecule has 0 aliphatic carbocycles. The van der Waals surface area contributed by atoms with Gasteiger partial charge in [0.2, 0.25) is 0 Å². The Hall–Kier alpha value is -1.94. The van der Waals surface area contributed by atoms with Crippen molar-refractivity contribution in [2.24, 2.45) is 0 Å². The Labute approximate surface area is 113 Å². The maximum Gasteiger partial charge on any atom is 0.132 e. The Morgan fingerprint density at radius 3 is 2.68 bits per heavy atom. The molecule has 0 N–H and O–H groups in total. The Bertz CT molecular complexity index is 514. The molecule has 1 aliphatic heterocycles. The van der Waals surface area contributed by atoms with Crippen LogP contribution in [0.15, 0.2) is 48.9 Å². The topological polar surface area (TPSA) is 32.3 Å². The first-order valence-electron chi connectivity index (χ1n) is 6.61. The Morgan fingerprint density at radius 2 is 1.95 bits per heavy atom. The molecule has 0 bridgehead atoms. The average Bonchev–Trinajstić information content (AvgIpc) is 2.49. The molecule has 1 fully saturated rings. The minimum atomic E-state index is 0.421. The minimum absolute atomic E-state index is 0.421. The van der Waals surface area contributed by atoms with E-state index in [2.05, 4.69) is 57.1 Å². The van der Waals surface area contributed by atoms with E-state index in [-0.39, 0.29) is 0 Å². The summed E-state index contributed by atoms with van der Waals surface area (Å²) < 4.78 is 0. The van der Waals surface area contributed by atoms with Gasteiger partial charge in [-0.1, -0.05) is 30.3 Å². The fraction of sp³-hybridized carbons (Fsp3) is 0.333. The summed E-state index contributed by atoms with van der Waals surface area (Å²) in [6.45, 7) is 3.03. The zero-order valence-electron chi connectivity index (χ0n) is 11.1. The van der Waals surface area contributed by atoms with Crippen LogP contribution < -0.4 is 4.90 Å². The fourth-order valence-electron chi connectivity index (χ4n) is 2.59. The smallest absolute Gasteiger partial charge is 0.132 e. The molecule has 2 aromatic rings. The third-order valence-electron chi connectivity index (χ3n) is 3.72. The van der Waals surface area contributed by atoms with Crippen molar-refractivity contribution < 1.29 is 0 Å². The SMILES string of the molecule is CN1CCN(c2ccncn2)CC1c1ccccc1. The normalized spacial score (nSPS) is 20.5. The second-order valence-electron chi connectivity index (χ2n) is 4.92. The maximum atomic E-state index is 4.35. The molecular weight excluding hydrogens is 236 g/mol. The number of benzene rings is 1. The van der Waals surface area contributed by atoms with Crippen molar-refractivity contribution in [1.82, 2.24) is 14.9 Å². The van der Waals surface area contributed by atoms with Crippen LogP contribution in [0.4, 0.5) is 5.82 Å². The second-order valence-corrected chi connectivity index (χ2v) is 4.92. The quantitative estimate of drug-likeness (QED) is 0.820. The molecule has 0 amide bonds. The number of likely N-dealkylation sites (N-methyl/N-ethyl adjacent to an activating group) is 1. The molecular formula is C15H18N4. The van der Waals surface area contributed by atoms with Gasteiger partial charge in [-0.3, -0.25) is 4.90 Å². The number of piperazine rings is 1. The predicted molar refractivity (Wildman–Crippen MR) is 76.1 cm³/mol. The number of aromatic nitrogens is 2. The Kier molecular flexibility index (Phi) is 3.42. The number of hydrogen-bond acceptors (Lipinski definition) is 4. The van der Waals surface area contributed by atoms with E-state index in [1.807, 2.05) is 6.07 Å². The number of rotatable bonds is 2. The summed E-state index contributed by atoms with van der Waals surface area (Å²) in [5.74, 6) is 1.02. The largest absolute Gasteiger partial charge is 0.353 e. The molecule has 1 aliphatic rings. The first-order chi connectivity index (χ1) is 9.34. The summed E-state index contributed by atoms with van der Waals surface area (Å²) in [4.78, 5) is 13.1. The monoisotopic (exact) mass is 254 g/mol. The van der Waals surface area contributed by atoms with Gasteiger partial charge >= 0.3 is 0 Å². The van der Waals surface area contributed by atoms with Gasteiger partial charge in [0, 0.05) is 25.8 Å². The van der Waals surface area contributed by atoms with Gasteiger partial charge in [-0.05, 0) is 18.7 Å². The third kappa shape index (κ3) is 2.58. The highest BCUT2D eigenvalue weighted by atomic mass is 15.3. The van der Waals surface area contributed by atoms with Crippen LogP contribution in [0, 0.1) is 0 Å². The van der Waals surface area contributed by atoms with Crippen molar-refractivity contribution in [3.05, 3.63) is 54.5 Å². The molecule has 98 valence electrons. The molecule has 0 saturated carbocycles. The number of anilines is 1. The summed E-state index contributed by atoms with van der Waals surface area (Å²) in [6, 6.07) is 13.1. The molecule has 1 unspecified atom stereocenters. The molecule has 4 heteroatoms. The highest BCUT2D eigenvalue weighted by Gasteiger charge is 2.26. The molecule has 0 radical (unpaired) electrons.